The summed E-state index contributed by atoms with van der Waals surface area (Å²) < 4.78 is 6.03. The molecule has 2 N–H and O–H groups in total. The summed E-state index contributed by atoms with van der Waals surface area (Å²) in [6, 6.07) is 16.8. The standard InChI is InChI=1S/C20H15N3O2S/c1-12-22-19(25-15-9-7-14(8-10-15)18(21)24)17-16(11-26-20(17)23-12)13-5-3-2-4-6-13/h2-11H,1H3,(H2,21,24). The van der Waals surface area contributed by atoms with E-state index in [1.54, 1.807) is 35.6 Å². The van der Waals surface area contributed by atoms with Crippen molar-refractivity contribution in [3.63, 3.8) is 0 Å². The molecular weight excluding hydrogens is 346 g/mol. The summed E-state index contributed by atoms with van der Waals surface area (Å²) in [7, 11) is 0. The van der Waals surface area contributed by atoms with E-state index >= 15 is 0 Å². The first-order valence-electron chi connectivity index (χ1n) is 8.01. The van der Waals surface area contributed by atoms with Crippen molar-refractivity contribution in [1.82, 2.24) is 9.97 Å². The summed E-state index contributed by atoms with van der Waals surface area (Å²) in [4.78, 5) is 21.1. The van der Waals surface area contributed by atoms with Gasteiger partial charge in [0.05, 0.1) is 5.39 Å². The summed E-state index contributed by atoms with van der Waals surface area (Å²) in [5.41, 5.74) is 7.83. The van der Waals surface area contributed by atoms with Gasteiger partial charge in [-0.2, -0.15) is 4.98 Å². The molecule has 6 heteroatoms. The molecule has 2 aromatic heterocycles. The number of hydrogen-bond donors (Lipinski definition) is 1. The number of amides is 1. The van der Waals surface area contributed by atoms with E-state index in [4.69, 9.17) is 10.5 Å². The van der Waals surface area contributed by atoms with Gasteiger partial charge in [-0.15, -0.1) is 11.3 Å². The van der Waals surface area contributed by atoms with Gasteiger partial charge in [0.15, 0.2) is 0 Å². The van der Waals surface area contributed by atoms with E-state index < -0.39 is 5.91 Å². The highest BCUT2D eigenvalue weighted by Crippen LogP contribution is 2.39. The number of carbonyl (C=O) groups excluding carboxylic acids is 1. The SMILES string of the molecule is Cc1nc(Oc2ccc(C(N)=O)cc2)c2c(-c3ccccc3)csc2n1. The number of nitrogens with zero attached hydrogens (tertiary/aromatic N) is 2. The van der Waals surface area contributed by atoms with Crippen molar-refractivity contribution in [3.05, 3.63) is 71.4 Å². The zero-order valence-corrected chi connectivity index (χ0v) is 14.8. The molecule has 0 fully saturated rings. The third-order valence-electron chi connectivity index (χ3n) is 3.95. The smallest absolute Gasteiger partial charge is 0.248 e. The van der Waals surface area contributed by atoms with Crippen LogP contribution < -0.4 is 10.5 Å². The van der Waals surface area contributed by atoms with E-state index in [-0.39, 0.29) is 0 Å². The number of primary amides is 1. The molecule has 4 aromatic rings. The second-order valence-corrected chi connectivity index (χ2v) is 6.62. The van der Waals surface area contributed by atoms with Crippen molar-refractivity contribution < 1.29 is 9.53 Å². The Kier molecular flexibility index (Phi) is 4.10. The number of benzene rings is 2. The van der Waals surface area contributed by atoms with E-state index in [1.165, 1.54) is 0 Å². The molecule has 0 saturated heterocycles. The lowest BCUT2D eigenvalue weighted by atomic mass is 10.1. The maximum atomic E-state index is 11.2. The highest BCUT2D eigenvalue weighted by atomic mass is 32.1. The van der Waals surface area contributed by atoms with Gasteiger partial charge in [0, 0.05) is 16.5 Å². The highest BCUT2D eigenvalue weighted by molar-refractivity contribution is 7.17. The highest BCUT2D eigenvalue weighted by Gasteiger charge is 2.16. The molecule has 0 spiro atoms. The lowest BCUT2D eigenvalue weighted by Crippen LogP contribution is -2.10. The van der Waals surface area contributed by atoms with Gasteiger partial charge >= 0.3 is 0 Å². The quantitative estimate of drug-likeness (QED) is 0.578. The normalized spacial score (nSPS) is 10.8. The first-order chi connectivity index (χ1) is 12.6. The third kappa shape index (κ3) is 3.02. The first kappa shape index (κ1) is 16.2. The maximum absolute atomic E-state index is 11.2. The van der Waals surface area contributed by atoms with Crippen molar-refractivity contribution in [2.75, 3.05) is 0 Å². The molecule has 128 valence electrons. The first-order valence-corrected chi connectivity index (χ1v) is 8.89. The van der Waals surface area contributed by atoms with Gasteiger partial charge in [0.25, 0.3) is 0 Å². The Balaban J connectivity index is 1.81. The molecule has 5 nitrogen and oxygen atoms in total. The van der Waals surface area contributed by atoms with Gasteiger partial charge in [-0.1, -0.05) is 30.3 Å². The Bertz CT molecular complexity index is 1090. The number of fused-ring (bicyclic) bond motifs is 1. The molecule has 4 rings (SSSR count). The Morgan fingerprint density at radius 2 is 1.77 bits per heavy atom. The van der Waals surface area contributed by atoms with Crippen LogP contribution in [0.5, 0.6) is 11.6 Å². The largest absolute Gasteiger partial charge is 0.438 e. The van der Waals surface area contributed by atoms with Crippen molar-refractivity contribution in [2.45, 2.75) is 6.92 Å². The molecule has 2 aromatic carbocycles. The van der Waals surface area contributed by atoms with E-state index in [2.05, 4.69) is 15.3 Å². The van der Waals surface area contributed by atoms with Gasteiger partial charge in [-0.25, -0.2) is 4.98 Å². The van der Waals surface area contributed by atoms with Crippen LogP contribution in [0.4, 0.5) is 0 Å². The number of ether oxygens (including phenoxy) is 1. The monoisotopic (exact) mass is 361 g/mol. The van der Waals surface area contributed by atoms with Gasteiger partial charge in [-0.05, 0) is 36.8 Å². The second kappa shape index (κ2) is 6.57. The molecule has 1 amide bonds. The summed E-state index contributed by atoms with van der Waals surface area (Å²) >= 11 is 1.56. The molecule has 2 heterocycles. The average molecular weight is 361 g/mol. The average Bonchev–Trinajstić information content (AvgIpc) is 3.07. The van der Waals surface area contributed by atoms with Crippen LogP contribution >= 0.6 is 11.3 Å². The minimum atomic E-state index is -0.471. The zero-order valence-electron chi connectivity index (χ0n) is 14.0. The Labute approximate surface area is 154 Å². The Hall–Kier alpha value is -3.25. The molecule has 0 aliphatic heterocycles. The third-order valence-corrected chi connectivity index (χ3v) is 4.82. The van der Waals surface area contributed by atoms with Crippen LogP contribution in [0.25, 0.3) is 21.3 Å². The van der Waals surface area contributed by atoms with E-state index in [9.17, 15) is 4.79 Å². The number of carbonyl (C=O) groups is 1. The molecule has 0 saturated carbocycles. The fourth-order valence-electron chi connectivity index (χ4n) is 2.71. The van der Waals surface area contributed by atoms with Crippen LogP contribution in [0, 0.1) is 6.92 Å². The number of aryl methyl sites for hydroxylation is 1. The van der Waals surface area contributed by atoms with Crippen LogP contribution in [-0.2, 0) is 0 Å². The lowest BCUT2D eigenvalue weighted by Gasteiger charge is -2.09. The van der Waals surface area contributed by atoms with E-state index in [0.717, 1.165) is 21.3 Å². The molecule has 0 bridgehead atoms. The van der Waals surface area contributed by atoms with E-state index in [0.29, 0.717) is 23.0 Å². The summed E-state index contributed by atoms with van der Waals surface area (Å²) in [5.74, 6) is 1.25. The molecule has 0 aliphatic carbocycles. The summed E-state index contributed by atoms with van der Waals surface area (Å²) in [6.07, 6.45) is 0. The van der Waals surface area contributed by atoms with Crippen LogP contribution in [0.1, 0.15) is 16.2 Å². The fourth-order valence-corrected chi connectivity index (χ4v) is 3.70. The summed E-state index contributed by atoms with van der Waals surface area (Å²) in [6.45, 7) is 1.84. The van der Waals surface area contributed by atoms with Gasteiger partial charge in [-0.3, -0.25) is 4.79 Å². The van der Waals surface area contributed by atoms with Crippen molar-refractivity contribution in [3.8, 4) is 22.8 Å². The van der Waals surface area contributed by atoms with Crippen molar-refractivity contribution in [2.24, 2.45) is 5.73 Å². The van der Waals surface area contributed by atoms with Crippen molar-refractivity contribution >= 4 is 27.5 Å². The molecular formula is C20H15N3O2S. The Morgan fingerprint density at radius 3 is 2.46 bits per heavy atom. The molecule has 0 radical (unpaired) electrons. The van der Waals surface area contributed by atoms with Crippen LogP contribution in [0.3, 0.4) is 0 Å². The molecule has 26 heavy (non-hydrogen) atoms. The van der Waals surface area contributed by atoms with Gasteiger partial charge in [0.2, 0.25) is 11.8 Å². The fraction of sp³-hybridized carbons (Fsp3) is 0.0500. The predicted octanol–water partition coefficient (Wildman–Crippen LogP) is 4.56. The molecule has 0 atom stereocenters. The second-order valence-electron chi connectivity index (χ2n) is 5.76. The number of rotatable bonds is 4. The number of aromatic nitrogens is 2. The predicted molar refractivity (Wildman–Crippen MR) is 103 cm³/mol. The zero-order chi connectivity index (χ0) is 18.1. The number of nitrogens with two attached hydrogens (primary N) is 1. The summed E-state index contributed by atoms with van der Waals surface area (Å²) in [5, 5.41) is 2.95. The topological polar surface area (TPSA) is 78.1 Å². The maximum Gasteiger partial charge on any atom is 0.248 e. The minimum absolute atomic E-state index is 0.432. The van der Waals surface area contributed by atoms with Gasteiger partial charge in [0.1, 0.15) is 16.4 Å². The van der Waals surface area contributed by atoms with Gasteiger partial charge < -0.3 is 10.5 Å². The van der Waals surface area contributed by atoms with Crippen LogP contribution in [0.15, 0.2) is 60.0 Å². The van der Waals surface area contributed by atoms with Crippen molar-refractivity contribution in [1.29, 1.82) is 0 Å². The lowest BCUT2D eigenvalue weighted by molar-refractivity contribution is 0.100. The minimum Gasteiger partial charge on any atom is -0.438 e. The van der Waals surface area contributed by atoms with Crippen LogP contribution in [-0.4, -0.2) is 15.9 Å². The van der Waals surface area contributed by atoms with Crippen LogP contribution in [0.2, 0.25) is 0 Å². The Morgan fingerprint density at radius 1 is 1.04 bits per heavy atom. The molecule has 0 unspecified atom stereocenters. The number of thiophene rings is 1. The number of hydrogen-bond acceptors (Lipinski definition) is 5. The molecule has 0 aliphatic rings. The van der Waals surface area contributed by atoms with E-state index in [1.807, 2.05) is 37.3 Å².